The van der Waals surface area contributed by atoms with Crippen molar-refractivity contribution in [2.24, 2.45) is 0 Å². The monoisotopic (exact) mass is 514 g/mol. The first-order chi connectivity index (χ1) is 17.5. The predicted molar refractivity (Wildman–Crippen MR) is 120 cm³/mol. The summed E-state index contributed by atoms with van der Waals surface area (Å²) in [5.74, 6) is -3.11. The Bertz CT molecular complexity index is 1600. The van der Waals surface area contributed by atoms with E-state index in [-0.39, 0.29) is 23.4 Å². The van der Waals surface area contributed by atoms with Gasteiger partial charge in [0.2, 0.25) is 0 Å². The average Bonchev–Trinajstić information content (AvgIpc) is 3.31. The summed E-state index contributed by atoms with van der Waals surface area (Å²) in [5, 5.41) is 18.2. The van der Waals surface area contributed by atoms with Gasteiger partial charge in [-0.05, 0) is 29.3 Å². The third-order valence-electron chi connectivity index (χ3n) is 5.56. The second-order valence-corrected chi connectivity index (χ2v) is 8.02. The van der Waals surface area contributed by atoms with E-state index in [4.69, 9.17) is 9.52 Å². The summed E-state index contributed by atoms with van der Waals surface area (Å²) in [6.45, 7) is -0.604. The number of furan rings is 1. The van der Waals surface area contributed by atoms with Gasteiger partial charge in [0.15, 0.2) is 5.76 Å². The number of benzene rings is 2. The summed E-state index contributed by atoms with van der Waals surface area (Å²) in [5.41, 5.74) is -3.09. The Labute approximate surface area is 205 Å². The van der Waals surface area contributed by atoms with Crippen molar-refractivity contribution in [2.45, 2.75) is 19.1 Å². The second kappa shape index (κ2) is 9.73. The maximum Gasteiger partial charge on any atom is 0.417 e. The van der Waals surface area contributed by atoms with Crippen LogP contribution in [0.2, 0.25) is 0 Å². The van der Waals surface area contributed by atoms with E-state index in [9.17, 15) is 36.8 Å². The molecule has 0 aliphatic rings. The maximum atomic E-state index is 14.3. The van der Waals surface area contributed by atoms with Gasteiger partial charge in [0.05, 0.1) is 30.5 Å². The topological polar surface area (TPSA) is 96.2 Å². The summed E-state index contributed by atoms with van der Waals surface area (Å²) >= 11 is 0. The van der Waals surface area contributed by atoms with Gasteiger partial charge in [-0.2, -0.15) is 18.4 Å². The van der Waals surface area contributed by atoms with E-state index in [1.807, 2.05) is 0 Å². The molecule has 0 bridgehead atoms. The standard InChI is InChI=1S/C26H15F5N2O4/c27-18-6-5-16(21(28)9-18)12-33-22(10-20(26(29,30)31)19(11-32)25(33)36)23-8-17(13-37-23)15-3-1-14(2-4-15)7-24(34)35/h1-6,8-10,13H,7,12H2,(H,34,35). The third kappa shape index (κ3) is 5.28. The summed E-state index contributed by atoms with van der Waals surface area (Å²) < 4.78 is 75.0. The van der Waals surface area contributed by atoms with Gasteiger partial charge < -0.3 is 9.52 Å². The van der Waals surface area contributed by atoms with Gasteiger partial charge in [-0.15, -0.1) is 0 Å². The highest BCUT2D eigenvalue weighted by Crippen LogP contribution is 2.35. The molecule has 0 aliphatic heterocycles. The maximum absolute atomic E-state index is 14.3. The number of aliphatic carboxylic acids is 1. The third-order valence-corrected chi connectivity index (χ3v) is 5.56. The van der Waals surface area contributed by atoms with E-state index in [1.165, 1.54) is 18.4 Å². The molecule has 11 heteroatoms. The number of aromatic nitrogens is 1. The van der Waals surface area contributed by atoms with Gasteiger partial charge in [-0.3, -0.25) is 14.2 Å². The van der Waals surface area contributed by atoms with E-state index in [0.717, 1.165) is 16.7 Å². The highest BCUT2D eigenvalue weighted by molar-refractivity contribution is 5.72. The SMILES string of the molecule is N#Cc1c(C(F)(F)F)cc(-c2cc(-c3ccc(CC(=O)O)cc3)co2)n(Cc2ccc(F)cc2F)c1=O. The zero-order valence-electron chi connectivity index (χ0n) is 18.6. The van der Waals surface area contributed by atoms with Gasteiger partial charge in [-0.25, -0.2) is 8.78 Å². The molecule has 0 fully saturated rings. The minimum absolute atomic E-state index is 0.181. The van der Waals surface area contributed by atoms with Crippen LogP contribution in [-0.4, -0.2) is 15.6 Å². The number of rotatable bonds is 6. The molecule has 0 saturated carbocycles. The number of hydrogen-bond donors (Lipinski definition) is 1. The quantitative estimate of drug-likeness (QED) is 0.337. The van der Waals surface area contributed by atoms with Crippen molar-refractivity contribution in [3.05, 3.63) is 105 Å². The molecule has 2 heterocycles. The minimum Gasteiger partial charge on any atom is -0.481 e. The van der Waals surface area contributed by atoms with E-state index in [1.54, 1.807) is 24.3 Å². The Morgan fingerprint density at radius 2 is 1.73 bits per heavy atom. The number of carboxylic acids is 1. The van der Waals surface area contributed by atoms with E-state index in [0.29, 0.717) is 28.8 Å². The largest absolute Gasteiger partial charge is 0.481 e. The van der Waals surface area contributed by atoms with Crippen molar-refractivity contribution >= 4 is 5.97 Å². The first kappa shape index (κ1) is 25.4. The second-order valence-electron chi connectivity index (χ2n) is 8.02. The number of alkyl halides is 3. The Kier molecular flexibility index (Phi) is 6.68. The lowest BCUT2D eigenvalue weighted by Crippen LogP contribution is -2.29. The molecule has 1 N–H and O–H groups in total. The fraction of sp³-hybridized carbons (Fsp3) is 0.115. The van der Waals surface area contributed by atoms with Crippen LogP contribution >= 0.6 is 0 Å². The fourth-order valence-electron chi connectivity index (χ4n) is 3.77. The molecule has 0 amide bonds. The number of halogens is 5. The molecule has 4 aromatic rings. The summed E-state index contributed by atoms with van der Waals surface area (Å²) in [7, 11) is 0. The molecule has 0 unspecified atom stereocenters. The van der Waals surface area contributed by atoms with Gasteiger partial charge >= 0.3 is 12.1 Å². The Hall–Kier alpha value is -4.72. The first-order valence-electron chi connectivity index (χ1n) is 10.6. The van der Waals surface area contributed by atoms with E-state index in [2.05, 4.69) is 0 Å². The number of hydrogen-bond acceptors (Lipinski definition) is 4. The zero-order valence-corrected chi connectivity index (χ0v) is 18.6. The molecular formula is C26H15F5N2O4. The lowest BCUT2D eigenvalue weighted by Gasteiger charge is -2.16. The molecule has 0 saturated heterocycles. The number of nitriles is 1. The van der Waals surface area contributed by atoms with Crippen LogP contribution in [0.3, 0.4) is 0 Å². The summed E-state index contributed by atoms with van der Waals surface area (Å²) in [6.07, 6.45) is -4.02. The fourth-order valence-corrected chi connectivity index (χ4v) is 3.77. The van der Waals surface area contributed by atoms with Crippen LogP contribution < -0.4 is 5.56 Å². The van der Waals surface area contributed by atoms with Crippen LogP contribution in [0.4, 0.5) is 22.0 Å². The van der Waals surface area contributed by atoms with Crippen LogP contribution in [0.25, 0.3) is 22.6 Å². The molecule has 2 aromatic heterocycles. The molecular weight excluding hydrogens is 499 g/mol. The Balaban J connectivity index is 1.86. The van der Waals surface area contributed by atoms with E-state index < -0.39 is 47.0 Å². The number of pyridine rings is 1. The van der Waals surface area contributed by atoms with Crippen LogP contribution in [0.15, 0.2) is 70.1 Å². The molecule has 0 radical (unpaired) electrons. The molecule has 4 rings (SSSR count). The van der Waals surface area contributed by atoms with Gasteiger partial charge in [-0.1, -0.05) is 30.3 Å². The normalized spacial score (nSPS) is 11.4. The number of carboxylic acid groups (broad SMARTS) is 1. The van der Waals surface area contributed by atoms with Crippen LogP contribution in [-0.2, 0) is 23.9 Å². The van der Waals surface area contributed by atoms with Gasteiger partial charge in [0.1, 0.15) is 23.3 Å². The Morgan fingerprint density at radius 3 is 2.32 bits per heavy atom. The highest BCUT2D eigenvalue weighted by atomic mass is 19.4. The minimum atomic E-state index is -5.05. The number of nitrogens with zero attached hydrogens (tertiary/aromatic N) is 2. The Morgan fingerprint density at radius 1 is 1.03 bits per heavy atom. The van der Waals surface area contributed by atoms with Crippen molar-refractivity contribution in [1.82, 2.24) is 4.57 Å². The van der Waals surface area contributed by atoms with Crippen molar-refractivity contribution in [2.75, 3.05) is 0 Å². The molecule has 188 valence electrons. The smallest absolute Gasteiger partial charge is 0.417 e. The van der Waals surface area contributed by atoms with Crippen LogP contribution in [0.5, 0.6) is 0 Å². The summed E-state index contributed by atoms with van der Waals surface area (Å²) in [4.78, 5) is 23.9. The van der Waals surface area contributed by atoms with Crippen molar-refractivity contribution in [1.29, 1.82) is 5.26 Å². The lowest BCUT2D eigenvalue weighted by molar-refractivity contribution is -0.138. The van der Waals surface area contributed by atoms with Gasteiger partial charge in [0.25, 0.3) is 5.56 Å². The molecule has 0 aliphatic carbocycles. The van der Waals surface area contributed by atoms with E-state index >= 15 is 0 Å². The van der Waals surface area contributed by atoms with Crippen molar-refractivity contribution in [3.8, 4) is 28.7 Å². The summed E-state index contributed by atoms with van der Waals surface area (Å²) in [6, 6.07) is 12.0. The van der Waals surface area contributed by atoms with Crippen molar-refractivity contribution in [3.63, 3.8) is 0 Å². The first-order valence-corrected chi connectivity index (χ1v) is 10.6. The van der Waals surface area contributed by atoms with Gasteiger partial charge in [0, 0.05) is 17.2 Å². The molecule has 37 heavy (non-hydrogen) atoms. The highest BCUT2D eigenvalue weighted by Gasteiger charge is 2.37. The lowest BCUT2D eigenvalue weighted by atomic mass is 10.0. The van der Waals surface area contributed by atoms with Crippen molar-refractivity contribution < 1.29 is 36.3 Å². The molecule has 0 atom stereocenters. The zero-order chi connectivity index (χ0) is 26.9. The van der Waals surface area contributed by atoms with Crippen LogP contribution in [0.1, 0.15) is 22.3 Å². The predicted octanol–water partition coefficient (Wildman–Crippen LogP) is 5.62. The average molecular weight is 514 g/mol. The molecule has 2 aromatic carbocycles. The molecule has 0 spiro atoms. The molecule has 6 nitrogen and oxygen atoms in total. The number of carbonyl (C=O) groups is 1. The van der Waals surface area contributed by atoms with Crippen LogP contribution in [0, 0.1) is 23.0 Å².